The van der Waals surface area contributed by atoms with E-state index in [0.717, 1.165) is 24.4 Å². The minimum atomic E-state index is 0.337. The second kappa shape index (κ2) is 5.70. The van der Waals surface area contributed by atoms with Crippen molar-refractivity contribution in [2.24, 2.45) is 0 Å². The lowest BCUT2D eigenvalue weighted by molar-refractivity contribution is 0.0465. The molecule has 2 N–H and O–H groups in total. The topological polar surface area (TPSA) is 40.2 Å². The van der Waals surface area contributed by atoms with Gasteiger partial charge in [0.25, 0.3) is 0 Å². The number of nitrogen functional groups attached to an aromatic ring is 1. The van der Waals surface area contributed by atoms with Crippen LogP contribution in [-0.2, 0) is 11.3 Å². The SMILES string of the molecule is CCSc1cc(N)cc2c1ccn2CC1CCC(C)O1. The summed E-state index contributed by atoms with van der Waals surface area (Å²) in [5.74, 6) is 1.06. The highest BCUT2D eigenvalue weighted by atomic mass is 32.2. The van der Waals surface area contributed by atoms with Crippen molar-refractivity contribution >= 4 is 28.4 Å². The number of nitrogens with two attached hydrogens (primary N) is 1. The van der Waals surface area contributed by atoms with Crippen molar-refractivity contribution in [2.75, 3.05) is 11.5 Å². The number of anilines is 1. The van der Waals surface area contributed by atoms with E-state index in [1.54, 1.807) is 0 Å². The molecule has 0 aliphatic carbocycles. The van der Waals surface area contributed by atoms with E-state index in [-0.39, 0.29) is 0 Å². The number of aromatic nitrogens is 1. The largest absolute Gasteiger partial charge is 0.399 e. The quantitative estimate of drug-likeness (QED) is 0.685. The summed E-state index contributed by atoms with van der Waals surface area (Å²) in [7, 11) is 0. The first-order chi connectivity index (χ1) is 9.67. The molecule has 1 aliphatic heterocycles. The molecule has 2 unspecified atom stereocenters. The molecule has 108 valence electrons. The molecular formula is C16H22N2OS. The average molecular weight is 290 g/mol. The number of benzene rings is 1. The smallest absolute Gasteiger partial charge is 0.0758 e. The molecule has 2 atom stereocenters. The van der Waals surface area contributed by atoms with E-state index < -0.39 is 0 Å². The summed E-state index contributed by atoms with van der Waals surface area (Å²) >= 11 is 1.85. The highest BCUT2D eigenvalue weighted by molar-refractivity contribution is 7.99. The van der Waals surface area contributed by atoms with Crippen LogP contribution >= 0.6 is 11.8 Å². The molecule has 0 saturated carbocycles. The molecule has 2 heterocycles. The molecule has 1 aromatic carbocycles. The van der Waals surface area contributed by atoms with Crippen molar-refractivity contribution in [2.45, 2.75) is 50.3 Å². The fourth-order valence-electron chi connectivity index (χ4n) is 2.96. The van der Waals surface area contributed by atoms with Crippen LogP contribution in [0.5, 0.6) is 0 Å². The molecule has 1 saturated heterocycles. The fraction of sp³-hybridized carbons (Fsp3) is 0.500. The first-order valence-corrected chi connectivity index (χ1v) is 8.32. The Morgan fingerprint density at radius 3 is 2.95 bits per heavy atom. The van der Waals surface area contributed by atoms with E-state index in [0.29, 0.717) is 12.2 Å². The monoisotopic (exact) mass is 290 g/mol. The summed E-state index contributed by atoms with van der Waals surface area (Å²) in [4.78, 5) is 1.28. The van der Waals surface area contributed by atoms with Crippen LogP contribution in [-0.4, -0.2) is 22.5 Å². The standard InChI is InChI=1S/C16H22N2OS/c1-3-20-16-9-12(17)8-15-14(16)6-7-18(15)10-13-5-4-11(2)19-13/h6-9,11,13H,3-5,10,17H2,1-2H3. The first-order valence-electron chi connectivity index (χ1n) is 7.34. The van der Waals surface area contributed by atoms with Crippen molar-refractivity contribution < 1.29 is 4.74 Å². The Bertz CT molecular complexity index is 608. The van der Waals surface area contributed by atoms with E-state index in [4.69, 9.17) is 10.5 Å². The second-order valence-corrected chi connectivity index (χ2v) is 6.80. The molecular weight excluding hydrogens is 268 g/mol. The molecule has 0 spiro atoms. The minimum absolute atomic E-state index is 0.337. The predicted octanol–water partition coefficient (Wildman–Crippen LogP) is 3.90. The van der Waals surface area contributed by atoms with Crippen LogP contribution in [0.2, 0.25) is 0 Å². The van der Waals surface area contributed by atoms with Gasteiger partial charge in [-0.1, -0.05) is 6.92 Å². The molecule has 3 rings (SSSR count). The third-order valence-electron chi connectivity index (χ3n) is 3.89. The van der Waals surface area contributed by atoms with Gasteiger partial charge in [-0.25, -0.2) is 0 Å². The summed E-state index contributed by atoms with van der Waals surface area (Å²) in [6, 6.07) is 6.35. The highest BCUT2D eigenvalue weighted by Gasteiger charge is 2.22. The van der Waals surface area contributed by atoms with Gasteiger partial charge < -0.3 is 15.0 Å². The Labute approximate surface area is 124 Å². The second-order valence-electron chi connectivity index (χ2n) is 5.50. The van der Waals surface area contributed by atoms with Gasteiger partial charge in [-0.2, -0.15) is 0 Å². The molecule has 1 fully saturated rings. The number of fused-ring (bicyclic) bond motifs is 1. The third kappa shape index (κ3) is 2.67. The number of hydrogen-bond donors (Lipinski definition) is 1. The maximum Gasteiger partial charge on any atom is 0.0758 e. The summed E-state index contributed by atoms with van der Waals surface area (Å²) in [6.45, 7) is 5.25. The van der Waals surface area contributed by atoms with E-state index in [2.05, 4.69) is 42.8 Å². The fourth-order valence-corrected chi connectivity index (χ4v) is 3.81. The van der Waals surface area contributed by atoms with Gasteiger partial charge >= 0.3 is 0 Å². The lowest BCUT2D eigenvalue weighted by atomic mass is 10.2. The van der Waals surface area contributed by atoms with Gasteiger partial charge in [0.15, 0.2) is 0 Å². The lowest BCUT2D eigenvalue weighted by Crippen LogP contribution is -2.15. The van der Waals surface area contributed by atoms with E-state index in [9.17, 15) is 0 Å². The van der Waals surface area contributed by atoms with Crippen molar-refractivity contribution in [1.82, 2.24) is 4.57 Å². The normalized spacial score (nSPS) is 22.7. The van der Waals surface area contributed by atoms with Gasteiger partial charge in [-0.05, 0) is 43.7 Å². The maximum absolute atomic E-state index is 6.06. The average Bonchev–Trinajstić information content (AvgIpc) is 2.98. The van der Waals surface area contributed by atoms with E-state index >= 15 is 0 Å². The number of thioether (sulfide) groups is 1. The minimum Gasteiger partial charge on any atom is -0.399 e. The van der Waals surface area contributed by atoms with Crippen LogP contribution in [0.15, 0.2) is 29.3 Å². The van der Waals surface area contributed by atoms with Crippen molar-refractivity contribution in [1.29, 1.82) is 0 Å². The predicted molar refractivity (Wildman–Crippen MR) is 86.3 cm³/mol. The van der Waals surface area contributed by atoms with Crippen LogP contribution in [0.3, 0.4) is 0 Å². The summed E-state index contributed by atoms with van der Waals surface area (Å²) in [6.07, 6.45) is 5.22. The van der Waals surface area contributed by atoms with Gasteiger partial charge in [0.1, 0.15) is 0 Å². The number of nitrogens with zero attached hydrogens (tertiary/aromatic N) is 1. The third-order valence-corrected chi connectivity index (χ3v) is 4.83. The van der Waals surface area contributed by atoms with Gasteiger partial charge in [-0.15, -0.1) is 11.8 Å². The Balaban J connectivity index is 1.92. The molecule has 0 amide bonds. The molecule has 1 aromatic heterocycles. The molecule has 4 heteroatoms. The van der Waals surface area contributed by atoms with Crippen LogP contribution in [0, 0.1) is 0 Å². The number of hydrogen-bond acceptors (Lipinski definition) is 3. The Hall–Kier alpha value is -1.13. The molecule has 0 radical (unpaired) electrons. The molecule has 2 aromatic rings. The molecule has 1 aliphatic rings. The summed E-state index contributed by atoms with van der Waals surface area (Å²) < 4.78 is 8.22. The summed E-state index contributed by atoms with van der Waals surface area (Å²) in [5, 5.41) is 1.30. The van der Waals surface area contributed by atoms with E-state index in [1.807, 2.05) is 11.8 Å². The van der Waals surface area contributed by atoms with Gasteiger partial charge in [0.2, 0.25) is 0 Å². The van der Waals surface area contributed by atoms with Crippen molar-refractivity contribution in [3.63, 3.8) is 0 Å². The van der Waals surface area contributed by atoms with Gasteiger partial charge in [-0.3, -0.25) is 0 Å². The Morgan fingerprint density at radius 1 is 1.40 bits per heavy atom. The number of ether oxygens (including phenoxy) is 1. The van der Waals surface area contributed by atoms with Crippen LogP contribution in [0.25, 0.3) is 10.9 Å². The zero-order valence-corrected chi connectivity index (χ0v) is 13.0. The lowest BCUT2D eigenvalue weighted by Gasteiger charge is -2.14. The zero-order chi connectivity index (χ0) is 14.1. The Kier molecular flexibility index (Phi) is 3.94. The molecule has 3 nitrogen and oxygen atoms in total. The number of rotatable bonds is 4. The Morgan fingerprint density at radius 2 is 2.25 bits per heavy atom. The van der Waals surface area contributed by atoms with Crippen LogP contribution < -0.4 is 5.73 Å². The van der Waals surface area contributed by atoms with E-state index in [1.165, 1.54) is 22.2 Å². The van der Waals surface area contributed by atoms with Crippen molar-refractivity contribution in [3.8, 4) is 0 Å². The zero-order valence-electron chi connectivity index (χ0n) is 12.1. The van der Waals surface area contributed by atoms with Crippen LogP contribution in [0.1, 0.15) is 26.7 Å². The maximum atomic E-state index is 6.06. The molecule has 20 heavy (non-hydrogen) atoms. The first kappa shape index (κ1) is 13.8. The van der Waals surface area contributed by atoms with Crippen LogP contribution in [0.4, 0.5) is 5.69 Å². The highest BCUT2D eigenvalue weighted by Crippen LogP contribution is 2.32. The summed E-state index contributed by atoms with van der Waals surface area (Å²) in [5.41, 5.74) is 8.12. The van der Waals surface area contributed by atoms with Gasteiger partial charge in [0.05, 0.1) is 17.7 Å². The molecule has 0 bridgehead atoms. The van der Waals surface area contributed by atoms with Gasteiger partial charge in [0, 0.05) is 28.7 Å². The van der Waals surface area contributed by atoms with Crippen molar-refractivity contribution in [3.05, 3.63) is 24.4 Å².